The van der Waals surface area contributed by atoms with E-state index in [1.807, 2.05) is 73.7 Å². The number of hydrogen-bond donors (Lipinski definition) is 3. The van der Waals surface area contributed by atoms with Crippen LogP contribution in [-0.2, 0) is 36.8 Å². The zero-order chi connectivity index (χ0) is 34.4. The molecule has 10 heteroatoms. The van der Waals surface area contributed by atoms with Gasteiger partial charge in [0.25, 0.3) is 0 Å². The van der Waals surface area contributed by atoms with Gasteiger partial charge in [-0.25, -0.2) is 0 Å². The number of piperidine rings is 1. The molecular formula is C38H48N4O5S. The van der Waals surface area contributed by atoms with Crippen LogP contribution in [0, 0.1) is 5.41 Å². The molecule has 0 aliphatic carbocycles. The highest BCUT2D eigenvalue weighted by Gasteiger charge is 2.44. The Bertz CT molecular complexity index is 1560. The summed E-state index contributed by atoms with van der Waals surface area (Å²) in [4.78, 5) is 65.8. The van der Waals surface area contributed by atoms with Crippen molar-refractivity contribution in [2.75, 3.05) is 31.9 Å². The Labute approximate surface area is 288 Å². The molecule has 3 aromatic carbocycles. The maximum absolute atomic E-state index is 14.3. The number of likely N-dealkylation sites (tertiary alicyclic amines) is 1. The first-order valence-corrected chi connectivity index (χ1v) is 18.0. The van der Waals surface area contributed by atoms with Crippen LogP contribution in [0.2, 0.25) is 0 Å². The first kappa shape index (κ1) is 36.7. The molecule has 2 atom stereocenters. The Morgan fingerprint density at radius 1 is 0.854 bits per heavy atom. The molecule has 9 nitrogen and oxygen atoms in total. The summed E-state index contributed by atoms with van der Waals surface area (Å²) in [5, 5.41) is 10.9. The Kier molecular flexibility index (Phi) is 14.0. The van der Waals surface area contributed by atoms with Gasteiger partial charge < -0.3 is 20.9 Å². The van der Waals surface area contributed by atoms with E-state index in [-0.39, 0.29) is 47.5 Å². The number of carbonyl (C=O) groups excluding carboxylic acids is 5. The van der Waals surface area contributed by atoms with E-state index in [4.69, 9.17) is 0 Å². The molecule has 1 unspecified atom stereocenters. The number of unbranched alkanes of at least 4 members (excludes halogenated alkanes) is 2. The van der Waals surface area contributed by atoms with E-state index in [9.17, 15) is 24.0 Å². The lowest BCUT2D eigenvalue weighted by atomic mass is 9.74. The quantitative estimate of drug-likeness (QED) is 0.188. The van der Waals surface area contributed by atoms with Crippen LogP contribution in [0.5, 0.6) is 0 Å². The zero-order valence-corrected chi connectivity index (χ0v) is 28.9. The predicted molar refractivity (Wildman–Crippen MR) is 191 cm³/mol. The number of fused-ring (bicyclic) bond motifs is 1. The average Bonchev–Trinajstić information content (AvgIpc) is 3.08. The van der Waals surface area contributed by atoms with Crippen molar-refractivity contribution < 1.29 is 24.0 Å². The van der Waals surface area contributed by atoms with E-state index in [0.717, 1.165) is 40.1 Å². The SMILES string of the molecule is CCNC(=O)[C@]1(Cc2ccccc2)CCCN(C(=O)C(Cc2ccc3ccccc3c2)NC(=O)CCCCCNC(=O)CSC(C)=O)C1. The maximum atomic E-state index is 14.3. The van der Waals surface area contributed by atoms with Crippen molar-refractivity contribution in [2.24, 2.45) is 5.41 Å². The summed E-state index contributed by atoms with van der Waals surface area (Å²) in [6, 6.07) is 23.3. The molecule has 3 N–H and O–H groups in total. The number of nitrogens with zero attached hydrogens (tertiary/aromatic N) is 1. The fraction of sp³-hybridized carbons (Fsp3) is 0.447. The summed E-state index contributed by atoms with van der Waals surface area (Å²) < 4.78 is 0. The number of benzene rings is 3. The number of amides is 4. The fourth-order valence-corrected chi connectivity index (χ4v) is 6.82. The summed E-state index contributed by atoms with van der Waals surface area (Å²) >= 11 is 0.979. The number of thioether (sulfide) groups is 1. The largest absolute Gasteiger partial charge is 0.356 e. The van der Waals surface area contributed by atoms with Gasteiger partial charge in [0.05, 0.1) is 11.2 Å². The van der Waals surface area contributed by atoms with Crippen LogP contribution < -0.4 is 16.0 Å². The monoisotopic (exact) mass is 672 g/mol. The van der Waals surface area contributed by atoms with Crippen molar-refractivity contribution in [1.29, 1.82) is 0 Å². The van der Waals surface area contributed by atoms with Crippen LogP contribution in [0.25, 0.3) is 10.8 Å². The minimum absolute atomic E-state index is 0.0461. The average molecular weight is 673 g/mol. The molecule has 3 aromatic rings. The molecule has 0 radical (unpaired) electrons. The topological polar surface area (TPSA) is 125 Å². The van der Waals surface area contributed by atoms with Crippen LogP contribution >= 0.6 is 11.8 Å². The summed E-state index contributed by atoms with van der Waals surface area (Å²) in [6.45, 7) is 5.13. The molecule has 1 aliphatic heterocycles. The minimum Gasteiger partial charge on any atom is -0.356 e. The number of rotatable bonds is 16. The van der Waals surface area contributed by atoms with Crippen LogP contribution in [0.15, 0.2) is 72.8 Å². The number of nitrogens with one attached hydrogen (secondary N) is 3. The predicted octanol–water partition coefficient (Wildman–Crippen LogP) is 4.81. The normalized spacial score (nSPS) is 16.6. The second-order valence-corrected chi connectivity index (χ2v) is 13.8. The van der Waals surface area contributed by atoms with Crippen molar-refractivity contribution in [3.05, 3.63) is 83.9 Å². The molecule has 0 spiro atoms. The van der Waals surface area contributed by atoms with Gasteiger partial charge in [0.15, 0.2) is 5.12 Å². The molecule has 1 saturated heterocycles. The first-order valence-electron chi connectivity index (χ1n) is 17.0. The Hall–Kier alpha value is -4.18. The smallest absolute Gasteiger partial charge is 0.245 e. The zero-order valence-electron chi connectivity index (χ0n) is 28.1. The lowest BCUT2D eigenvalue weighted by molar-refractivity contribution is -0.144. The highest BCUT2D eigenvalue weighted by atomic mass is 32.2. The molecule has 0 aromatic heterocycles. The van der Waals surface area contributed by atoms with Gasteiger partial charge in [-0.15, -0.1) is 0 Å². The maximum Gasteiger partial charge on any atom is 0.245 e. The van der Waals surface area contributed by atoms with Gasteiger partial charge in [-0.1, -0.05) is 91.0 Å². The van der Waals surface area contributed by atoms with Crippen LogP contribution in [0.4, 0.5) is 0 Å². The third kappa shape index (κ3) is 10.9. The van der Waals surface area contributed by atoms with Crippen molar-refractivity contribution in [1.82, 2.24) is 20.9 Å². The summed E-state index contributed by atoms with van der Waals surface area (Å²) in [5.74, 6) is -0.495. The molecule has 1 heterocycles. The third-order valence-electron chi connectivity index (χ3n) is 8.79. The van der Waals surface area contributed by atoms with Crippen LogP contribution in [0.3, 0.4) is 0 Å². The van der Waals surface area contributed by atoms with E-state index in [2.05, 4.69) is 22.0 Å². The molecule has 1 fully saturated rings. The first-order chi connectivity index (χ1) is 23.2. The van der Waals surface area contributed by atoms with Crippen molar-refractivity contribution in [3.63, 3.8) is 0 Å². The van der Waals surface area contributed by atoms with Crippen molar-refractivity contribution >= 4 is 51.3 Å². The van der Waals surface area contributed by atoms with Crippen LogP contribution in [0.1, 0.15) is 63.5 Å². The van der Waals surface area contributed by atoms with Gasteiger partial charge >= 0.3 is 0 Å². The molecule has 0 saturated carbocycles. The van der Waals surface area contributed by atoms with Gasteiger partial charge in [0, 0.05) is 45.9 Å². The van der Waals surface area contributed by atoms with E-state index in [1.54, 1.807) is 4.90 Å². The Morgan fingerprint density at radius 3 is 2.35 bits per heavy atom. The molecule has 256 valence electrons. The van der Waals surface area contributed by atoms with Gasteiger partial charge in [0.1, 0.15) is 6.04 Å². The van der Waals surface area contributed by atoms with Gasteiger partial charge in [0.2, 0.25) is 23.6 Å². The minimum atomic E-state index is -0.779. The highest BCUT2D eigenvalue weighted by Crippen LogP contribution is 2.35. The molecule has 1 aliphatic rings. The standard InChI is InChI=1S/C38H48N4O5S/c1-3-39-37(47)38(25-29-13-6-4-7-14-29)20-12-22-42(27-38)36(46)33(24-30-18-19-31-15-9-10-16-32(31)23-30)41-34(44)17-8-5-11-21-40-35(45)26-48-28(2)43/h4,6-7,9-10,13-16,18-19,23,33H,3,5,8,11-12,17,20-22,24-27H2,1-2H3,(H,39,47)(H,40,45)(H,41,44)/t33?,38-/m0/s1. The summed E-state index contributed by atoms with van der Waals surface area (Å²) in [6.07, 6.45) is 4.54. The molecule has 0 bridgehead atoms. The van der Waals surface area contributed by atoms with E-state index in [1.165, 1.54) is 6.92 Å². The number of hydrogen-bond acceptors (Lipinski definition) is 6. The fourth-order valence-electron chi connectivity index (χ4n) is 6.39. The highest BCUT2D eigenvalue weighted by molar-refractivity contribution is 8.14. The van der Waals surface area contributed by atoms with Crippen molar-refractivity contribution in [2.45, 2.75) is 71.3 Å². The van der Waals surface area contributed by atoms with E-state index in [0.29, 0.717) is 58.2 Å². The Morgan fingerprint density at radius 2 is 1.60 bits per heavy atom. The molecular weight excluding hydrogens is 625 g/mol. The van der Waals surface area contributed by atoms with Crippen molar-refractivity contribution in [3.8, 4) is 0 Å². The Balaban J connectivity index is 1.44. The third-order valence-corrected chi connectivity index (χ3v) is 9.60. The van der Waals surface area contributed by atoms with Gasteiger partial charge in [-0.3, -0.25) is 24.0 Å². The van der Waals surface area contributed by atoms with E-state index >= 15 is 0 Å². The summed E-state index contributed by atoms with van der Waals surface area (Å²) in [7, 11) is 0. The molecule has 4 rings (SSSR count). The summed E-state index contributed by atoms with van der Waals surface area (Å²) in [5.41, 5.74) is 1.24. The number of carbonyl (C=O) groups is 5. The lowest BCUT2D eigenvalue weighted by Gasteiger charge is -2.43. The lowest BCUT2D eigenvalue weighted by Crippen LogP contribution is -2.58. The van der Waals surface area contributed by atoms with Gasteiger partial charge in [-0.2, -0.15) is 0 Å². The molecule has 48 heavy (non-hydrogen) atoms. The molecule has 4 amide bonds. The van der Waals surface area contributed by atoms with Gasteiger partial charge in [-0.05, 0) is 60.9 Å². The second-order valence-electron chi connectivity index (χ2n) is 12.6. The van der Waals surface area contributed by atoms with Crippen LogP contribution in [-0.4, -0.2) is 71.6 Å². The second kappa shape index (κ2) is 18.4. The van der Waals surface area contributed by atoms with E-state index < -0.39 is 11.5 Å².